The molecule has 3 fully saturated rings. The monoisotopic (exact) mass is 470 g/mol. The molecule has 5 aliphatic rings. The number of cyclic esters (lactones) is 1. The Hall–Kier alpha value is -2.44. The summed E-state index contributed by atoms with van der Waals surface area (Å²) in [6.45, 7) is 8.31. The molecule has 0 aromatic heterocycles. The van der Waals surface area contributed by atoms with Crippen LogP contribution in [0.2, 0.25) is 0 Å². The number of methoxy groups -OCH3 is 1. The number of esters is 2. The fourth-order valence-electron chi connectivity index (χ4n) is 8.06. The Kier molecular flexibility index (Phi) is 5.16. The van der Waals surface area contributed by atoms with E-state index in [0.717, 1.165) is 24.0 Å². The van der Waals surface area contributed by atoms with Crippen molar-refractivity contribution in [1.82, 2.24) is 0 Å². The van der Waals surface area contributed by atoms with E-state index in [4.69, 9.17) is 14.2 Å². The zero-order chi connectivity index (χ0) is 24.6. The fourth-order valence-corrected chi connectivity index (χ4v) is 8.06. The van der Waals surface area contributed by atoms with Crippen molar-refractivity contribution in [2.75, 3.05) is 13.7 Å². The molecule has 2 bridgehead atoms. The second-order valence-corrected chi connectivity index (χ2v) is 11.7. The number of ether oxygens (including phenoxy) is 3. The van der Waals surface area contributed by atoms with E-state index in [9.17, 15) is 19.2 Å². The first-order valence-corrected chi connectivity index (χ1v) is 12.3. The summed E-state index contributed by atoms with van der Waals surface area (Å²) in [6.07, 6.45) is 5.39. The maximum Gasteiger partial charge on any atom is 0.310 e. The van der Waals surface area contributed by atoms with E-state index in [0.29, 0.717) is 13.0 Å². The van der Waals surface area contributed by atoms with Crippen LogP contribution in [0.15, 0.2) is 23.5 Å². The first-order chi connectivity index (χ1) is 16.0. The molecule has 34 heavy (non-hydrogen) atoms. The summed E-state index contributed by atoms with van der Waals surface area (Å²) in [7, 11) is 1.34. The SMILES string of the molecule is COC(=O)C[C@H]1C(C)(C)C(=O)[C@@H]2CC3=C4CC(=O)O[C@@H](C5C=COC5)[C@]4(C)CCC3[C@@]1(C)C2=O. The normalized spacial score (nSPS) is 42.5. The van der Waals surface area contributed by atoms with E-state index in [1.165, 1.54) is 7.11 Å². The Morgan fingerprint density at radius 2 is 1.88 bits per heavy atom. The number of ketones is 2. The maximum absolute atomic E-state index is 13.8. The number of hydrogen-bond donors (Lipinski definition) is 0. The fraction of sp³-hybridized carbons (Fsp3) is 0.704. The molecular weight excluding hydrogens is 436 g/mol. The molecule has 0 amide bonds. The van der Waals surface area contributed by atoms with Gasteiger partial charge in [-0.25, -0.2) is 0 Å². The Morgan fingerprint density at radius 1 is 1.15 bits per heavy atom. The number of rotatable bonds is 3. The van der Waals surface area contributed by atoms with Crippen molar-refractivity contribution in [2.45, 2.75) is 65.9 Å². The summed E-state index contributed by atoms with van der Waals surface area (Å²) in [5, 5.41) is 0. The number of allylic oxidation sites excluding steroid dienone is 1. The first-order valence-electron chi connectivity index (χ1n) is 12.3. The molecule has 2 aliphatic heterocycles. The van der Waals surface area contributed by atoms with Gasteiger partial charge >= 0.3 is 11.9 Å². The lowest BCUT2D eigenvalue weighted by molar-refractivity contribution is -0.173. The van der Waals surface area contributed by atoms with Gasteiger partial charge in [0, 0.05) is 16.2 Å². The molecule has 7 atom stereocenters. The lowest BCUT2D eigenvalue weighted by atomic mass is 9.41. The predicted octanol–water partition coefficient (Wildman–Crippen LogP) is 3.56. The van der Waals surface area contributed by atoms with Gasteiger partial charge in [-0.05, 0) is 42.7 Å². The van der Waals surface area contributed by atoms with Crippen LogP contribution >= 0.6 is 0 Å². The van der Waals surface area contributed by atoms with Gasteiger partial charge in [0.25, 0.3) is 0 Å². The largest absolute Gasteiger partial charge is 0.501 e. The molecule has 2 heterocycles. The number of Topliss-reactive ketones (excluding diaryl/α,β-unsaturated/α-hetero) is 2. The van der Waals surface area contributed by atoms with E-state index < -0.39 is 28.6 Å². The van der Waals surface area contributed by atoms with Crippen molar-refractivity contribution < 1.29 is 33.4 Å². The summed E-state index contributed by atoms with van der Waals surface area (Å²) in [4.78, 5) is 52.7. The highest BCUT2D eigenvalue weighted by Gasteiger charge is 2.67. The number of carbonyl (C=O) groups excluding carboxylic acids is 4. The number of carbonyl (C=O) groups is 4. The molecule has 184 valence electrons. The minimum absolute atomic E-state index is 0.0191. The van der Waals surface area contributed by atoms with Gasteiger partial charge in [-0.3, -0.25) is 19.2 Å². The molecule has 3 aliphatic carbocycles. The van der Waals surface area contributed by atoms with Gasteiger partial charge < -0.3 is 14.2 Å². The zero-order valence-corrected chi connectivity index (χ0v) is 20.6. The van der Waals surface area contributed by atoms with Crippen molar-refractivity contribution in [3.8, 4) is 0 Å². The highest BCUT2D eigenvalue weighted by atomic mass is 16.6. The lowest BCUT2D eigenvalue weighted by Crippen LogP contribution is -2.65. The van der Waals surface area contributed by atoms with Crippen LogP contribution < -0.4 is 0 Å². The van der Waals surface area contributed by atoms with Crippen LogP contribution in [0.25, 0.3) is 0 Å². The molecule has 7 nitrogen and oxygen atoms in total. The molecule has 5 rings (SSSR count). The highest BCUT2D eigenvalue weighted by molar-refractivity contribution is 6.11. The average Bonchev–Trinajstić information content (AvgIpc) is 3.32. The summed E-state index contributed by atoms with van der Waals surface area (Å²) in [5.74, 6) is -2.16. The van der Waals surface area contributed by atoms with Crippen molar-refractivity contribution in [1.29, 1.82) is 0 Å². The molecule has 0 spiro atoms. The van der Waals surface area contributed by atoms with Crippen molar-refractivity contribution >= 4 is 23.5 Å². The second kappa shape index (κ2) is 7.53. The van der Waals surface area contributed by atoms with Gasteiger partial charge in [0.15, 0.2) is 0 Å². The molecule has 0 N–H and O–H groups in total. The van der Waals surface area contributed by atoms with Crippen LogP contribution in [0.1, 0.15) is 59.8 Å². The van der Waals surface area contributed by atoms with Crippen LogP contribution in [-0.4, -0.2) is 43.3 Å². The van der Waals surface area contributed by atoms with E-state index in [1.807, 2.05) is 26.8 Å². The van der Waals surface area contributed by atoms with Crippen LogP contribution in [0.3, 0.4) is 0 Å². The van der Waals surface area contributed by atoms with Crippen LogP contribution in [0.4, 0.5) is 0 Å². The topological polar surface area (TPSA) is 96.0 Å². The summed E-state index contributed by atoms with van der Waals surface area (Å²) < 4.78 is 16.3. The Morgan fingerprint density at radius 3 is 2.53 bits per heavy atom. The van der Waals surface area contributed by atoms with Crippen molar-refractivity contribution in [2.24, 2.45) is 39.9 Å². The highest BCUT2D eigenvalue weighted by Crippen LogP contribution is 2.66. The van der Waals surface area contributed by atoms with Gasteiger partial charge in [0.1, 0.15) is 17.7 Å². The molecule has 1 saturated heterocycles. The molecule has 2 unspecified atom stereocenters. The van der Waals surface area contributed by atoms with E-state index in [2.05, 4.69) is 6.92 Å². The average molecular weight is 471 g/mol. The standard InChI is InChI=1S/C27H34O7/c1-25(2)19(12-20(28)32-5)27(4)17-6-8-26(3)18(15(17)10-16(22(25)30)23(27)31)11-21(29)34-24(26)14-7-9-33-13-14/h7,9,14,16-17,19,24H,6,8,10-13H2,1-5H3/t14?,16-,17?,19-,24-,26+,27+/m0/s1. The van der Waals surface area contributed by atoms with E-state index in [1.54, 1.807) is 6.26 Å². The number of fused-ring (bicyclic) bond motifs is 5. The van der Waals surface area contributed by atoms with Crippen molar-refractivity contribution in [3.63, 3.8) is 0 Å². The Balaban J connectivity index is 1.65. The smallest absolute Gasteiger partial charge is 0.310 e. The first kappa shape index (κ1) is 23.3. The Bertz CT molecular complexity index is 1040. The second-order valence-electron chi connectivity index (χ2n) is 11.7. The van der Waals surface area contributed by atoms with Crippen LogP contribution in [-0.2, 0) is 33.4 Å². The lowest BCUT2D eigenvalue weighted by Gasteiger charge is -2.61. The Labute approximate surface area is 200 Å². The third kappa shape index (κ3) is 2.94. The van der Waals surface area contributed by atoms with Gasteiger partial charge in [0.2, 0.25) is 0 Å². The van der Waals surface area contributed by atoms with E-state index in [-0.39, 0.29) is 53.7 Å². The quantitative estimate of drug-likeness (QED) is 0.353. The van der Waals surface area contributed by atoms with E-state index >= 15 is 0 Å². The van der Waals surface area contributed by atoms with Gasteiger partial charge in [-0.15, -0.1) is 0 Å². The third-order valence-corrected chi connectivity index (χ3v) is 9.90. The molecule has 7 heteroatoms. The molecular formula is C27H34O7. The number of hydrogen-bond acceptors (Lipinski definition) is 7. The minimum atomic E-state index is -0.870. The van der Waals surface area contributed by atoms with Gasteiger partial charge in [-0.1, -0.05) is 33.3 Å². The molecule has 0 aromatic rings. The van der Waals surface area contributed by atoms with Crippen molar-refractivity contribution in [3.05, 3.63) is 23.5 Å². The third-order valence-electron chi connectivity index (χ3n) is 9.90. The van der Waals surface area contributed by atoms with Gasteiger partial charge in [-0.2, -0.15) is 0 Å². The molecule has 0 radical (unpaired) electrons. The molecule has 0 aromatic carbocycles. The maximum atomic E-state index is 13.8. The zero-order valence-electron chi connectivity index (χ0n) is 20.6. The summed E-state index contributed by atoms with van der Waals surface area (Å²) in [5.41, 5.74) is 0.0517. The van der Waals surface area contributed by atoms with Crippen LogP contribution in [0, 0.1) is 39.9 Å². The summed E-state index contributed by atoms with van der Waals surface area (Å²) in [6, 6.07) is 0. The predicted molar refractivity (Wildman–Crippen MR) is 121 cm³/mol. The van der Waals surface area contributed by atoms with Gasteiger partial charge in [0.05, 0.1) is 44.7 Å². The molecule has 2 saturated carbocycles. The van der Waals surface area contributed by atoms with Crippen LogP contribution in [0.5, 0.6) is 0 Å². The summed E-state index contributed by atoms with van der Waals surface area (Å²) >= 11 is 0. The minimum Gasteiger partial charge on any atom is -0.501 e.